The summed E-state index contributed by atoms with van der Waals surface area (Å²) in [6.07, 6.45) is 0. The number of para-hydroxylation sites is 4. The van der Waals surface area contributed by atoms with Crippen molar-refractivity contribution < 1.29 is 4.74 Å². The number of rotatable bonds is 5. The predicted octanol–water partition coefficient (Wildman–Crippen LogP) is 5.42. The van der Waals surface area contributed by atoms with Crippen molar-refractivity contribution in [3.63, 3.8) is 0 Å². The first kappa shape index (κ1) is 22.5. The summed E-state index contributed by atoms with van der Waals surface area (Å²) in [6, 6.07) is 33.8. The van der Waals surface area contributed by atoms with Gasteiger partial charge in [0.2, 0.25) is 0 Å². The Hall–Kier alpha value is -4.97. The summed E-state index contributed by atoms with van der Waals surface area (Å²) in [7, 11) is 1.56. The monoisotopic (exact) mass is 485 g/mol. The number of pyridine rings is 1. The van der Waals surface area contributed by atoms with Crippen LogP contribution in [0.1, 0.15) is 5.56 Å². The largest absolute Gasteiger partial charge is 0.495 e. The van der Waals surface area contributed by atoms with E-state index in [1.165, 1.54) is 4.57 Å². The van der Waals surface area contributed by atoms with Gasteiger partial charge in [0, 0.05) is 0 Å². The van der Waals surface area contributed by atoms with Crippen molar-refractivity contribution in [1.29, 1.82) is 0 Å². The molecular weight excluding hydrogens is 462 g/mol. The van der Waals surface area contributed by atoms with E-state index in [1.54, 1.807) is 42.0 Å². The van der Waals surface area contributed by atoms with Gasteiger partial charge in [0.1, 0.15) is 5.75 Å². The van der Waals surface area contributed by atoms with E-state index >= 15 is 0 Å². The second kappa shape index (κ2) is 9.24. The minimum Gasteiger partial charge on any atom is -0.495 e. The normalized spacial score (nSPS) is 11.2. The van der Waals surface area contributed by atoms with Gasteiger partial charge in [-0.1, -0.05) is 72.8 Å². The molecule has 0 spiro atoms. The molecular formula is C31H23N3O3. The van der Waals surface area contributed by atoms with Crippen LogP contribution in [0.5, 0.6) is 5.75 Å². The van der Waals surface area contributed by atoms with Gasteiger partial charge in [0.05, 0.1) is 41.3 Å². The van der Waals surface area contributed by atoms with Crippen molar-refractivity contribution in [3.8, 4) is 22.8 Å². The third-order valence-electron chi connectivity index (χ3n) is 6.53. The van der Waals surface area contributed by atoms with Crippen molar-refractivity contribution in [2.75, 3.05) is 7.11 Å². The predicted molar refractivity (Wildman–Crippen MR) is 147 cm³/mol. The Balaban J connectivity index is 1.72. The summed E-state index contributed by atoms with van der Waals surface area (Å²) in [6.45, 7) is 0.389. The maximum absolute atomic E-state index is 14.1. The molecule has 2 heterocycles. The van der Waals surface area contributed by atoms with Crippen molar-refractivity contribution in [1.82, 2.24) is 14.1 Å². The Kier molecular flexibility index (Phi) is 5.62. The number of methoxy groups -OCH3 is 1. The summed E-state index contributed by atoms with van der Waals surface area (Å²) in [5.41, 5.74) is 2.69. The lowest BCUT2D eigenvalue weighted by molar-refractivity contribution is 0.412. The second-order valence-corrected chi connectivity index (χ2v) is 8.76. The highest BCUT2D eigenvalue weighted by atomic mass is 16.5. The molecule has 0 bridgehead atoms. The fourth-order valence-electron chi connectivity index (χ4n) is 4.76. The Labute approximate surface area is 212 Å². The number of fused-ring (bicyclic) bond motifs is 2. The Bertz CT molecular complexity index is 1890. The highest BCUT2D eigenvalue weighted by Gasteiger charge is 2.21. The first-order valence-electron chi connectivity index (χ1n) is 12.0. The molecule has 6 heteroatoms. The Morgan fingerprint density at radius 1 is 0.757 bits per heavy atom. The number of benzene rings is 4. The minimum absolute atomic E-state index is 0.228. The SMILES string of the molecule is COc1ccccc1-n1c(-c2cc3ccccc3n(Cc3ccccc3)c2=O)nc2ccccc2c1=O. The molecule has 37 heavy (non-hydrogen) atoms. The molecule has 0 aliphatic rings. The second-order valence-electron chi connectivity index (χ2n) is 8.76. The lowest BCUT2D eigenvalue weighted by atomic mass is 10.1. The molecule has 0 amide bonds. The van der Waals surface area contributed by atoms with E-state index in [2.05, 4.69) is 0 Å². The van der Waals surface area contributed by atoms with E-state index in [0.29, 0.717) is 34.4 Å². The highest BCUT2D eigenvalue weighted by Crippen LogP contribution is 2.28. The van der Waals surface area contributed by atoms with Crippen LogP contribution in [-0.4, -0.2) is 21.2 Å². The van der Waals surface area contributed by atoms with E-state index in [4.69, 9.17) is 9.72 Å². The summed E-state index contributed by atoms with van der Waals surface area (Å²) in [5, 5.41) is 1.34. The van der Waals surface area contributed by atoms with Crippen LogP contribution < -0.4 is 15.9 Å². The van der Waals surface area contributed by atoms with Gasteiger partial charge in [-0.15, -0.1) is 0 Å². The average Bonchev–Trinajstić information content (AvgIpc) is 2.95. The molecule has 0 radical (unpaired) electrons. The zero-order valence-electron chi connectivity index (χ0n) is 20.2. The number of hydrogen-bond acceptors (Lipinski definition) is 4. The van der Waals surface area contributed by atoms with Crippen LogP contribution >= 0.6 is 0 Å². The fraction of sp³-hybridized carbons (Fsp3) is 0.0645. The quantitative estimate of drug-likeness (QED) is 0.327. The standard InChI is InChI=1S/C31H23N3O3/c1-37-28-18-10-9-17-27(28)34-29(32-25-15-7-6-14-23(25)31(34)36)24-19-22-13-5-8-16-26(22)33(30(24)35)20-21-11-3-2-4-12-21/h2-19H,20H2,1H3. The molecule has 2 aromatic heterocycles. The molecule has 6 nitrogen and oxygen atoms in total. The molecule has 6 rings (SSSR count). The van der Waals surface area contributed by atoms with Crippen LogP contribution in [-0.2, 0) is 6.54 Å². The van der Waals surface area contributed by atoms with Crippen LogP contribution in [0.25, 0.3) is 38.9 Å². The Morgan fingerprint density at radius 3 is 2.30 bits per heavy atom. The van der Waals surface area contributed by atoms with E-state index in [-0.39, 0.29) is 16.9 Å². The molecule has 0 saturated heterocycles. The van der Waals surface area contributed by atoms with E-state index in [1.807, 2.05) is 78.9 Å². The van der Waals surface area contributed by atoms with Gasteiger partial charge in [-0.25, -0.2) is 4.98 Å². The maximum atomic E-state index is 14.1. The van der Waals surface area contributed by atoms with Gasteiger partial charge in [-0.2, -0.15) is 0 Å². The third-order valence-corrected chi connectivity index (χ3v) is 6.53. The van der Waals surface area contributed by atoms with Gasteiger partial charge >= 0.3 is 0 Å². The maximum Gasteiger partial charge on any atom is 0.266 e. The Morgan fingerprint density at radius 2 is 1.46 bits per heavy atom. The molecule has 0 saturated carbocycles. The molecule has 6 aromatic rings. The molecule has 0 aliphatic heterocycles. The zero-order valence-corrected chi connectivity index (χ0v) is 20.2. The molecule has 0 aliphatic carbocycles. The number of hydrogen-bond donors (Lipinski definition) is 0. The van der Waals surface area contributed by atoms with E-state index in [9.17, 15) is 9.59 Å². The minimum atomic E-state index is -0.271. The molecule has 4 aromatic carbocycles. The van der Waals surface area contributed by atoms with Crippen molar-refractivity contribution in [2.45, 2.75) is 6.54 Å². The first-order valence-corrected chi connectivity index (χ1v) is 12.0. The first-order chi connectivity index (χ1) is 18.2. The highest BCUT2D eigenvalue weighted by molar-refractivity contribution is 5.85. The van der Waals surface area contributed by atoms with Crippen molar-refractivity contribution in [3.05, 3.63) is 135 Å². The van der Waals surface area contributed by atoms with Gasteiger partial charge in [-0.05, 0) is 47.3 Å². The van der Waals surface area contributed by atoms with Crippen molar-refractivity contribution >= 4 is 21.8 Å². The average molecular weight is 486 g/mol. The summed E-state index contributed by atoms with van der Waals surface area (Å²) >= 11 is 0. The molecule has 0 unspecified atom stereocenters. The molecule has 0 N–H and O–H groups in total. The van der Waals surface area contributed by atoms with Crippen LogP contribution in [0, 0.1) is 0 Å². The smallest absolute Gasteiger partial charge is 0.266 e. The summed E-state index contributed by atoms with van der Waals surface area (Å²) in [5.74, 6) is 0.777. The molecule has 180 valence electrons. The summed E-state index contributed by atoms with van der Waals surface area (Å²) in [4.78, 5) is 32.9. The van der Waals surface area contributed by atoms with Crippen molar-refractivity contribution in [2.24, 2.45) is 0 Å². The zero-order chi connectivity index (χ0) is 25.4. The van der Waals surface area contributed by atoms with Crippen LogP contribution in [0.2, 0.25) is 0 Å². The third kappa shape index (κ3) is 3.89. The lowest BCUT2D eigenvalue weighted by Crippen LogP contribution is -2.28. The van der Waals surface area contributed by atoms with Crippen LogP contribution in [0.3, 0.4) is 0 Å². The lowest BCUT2D eigenvalue weighted by Gasteiger charge is -2.18. The van der Waals surface area contributed by atoms with Crippen LogP contribution in [0.15, 0.2) is 119 Å². The number of aromatic nitrogens is 3. The summed E-state index contributed by atoms with van der Waals surface area (Å²) < 4.78 is 8.82. The van der Waals surface area contributed by atoms with Crippen LogP contribution in [0.4, 0.5) is 0 Å². The fourth-order valence-corrected chi connectivity index (χ4v) is 4.76. The molecule has 0 fully saturated rings. The molecule has 0 atom stereocenters. The van der Waals surface area contributed by atoms with E-state index < -0.39 is 0 Å². The van der Waals surface area contributed by atoms with Gasteiger partial charge in [-0.3, -0.25) is 14.2 Å². The topological polar surface area (TPSA) is 66.1 Å². The van der Waals surface area contributed by atoms with Gasteiger partial charge in [0.25, 0.3) is 11.1 Å². The van der Waals surface area contributed by atoms with Gasteiger partial charge in [0.15, 0.2) is 5.82 Å². The number of nitrogens with zero attached hydrogens (tertiary/aromatic N) is 3. The van der Waals surface area contributed by atoms with E-state index in [0.717, 1.165) is 16.5 Å². The van der Waals surface area contributed by atoms with Gasteiger partial charge < -0.3 is 9.30 Å². The number of ether oxygens (including phenoxy) is 1.